The molecule has 0 radical (unpaired) electrons. The van der Waals surface area contributed by atoms with E-state index in [-0.39, 0.29) is 17.8 Å². The molecule has 22 heavy (non-hydrogen) atoms. The normalized spacial score (nSPS) is 25.4. The first kappa shape index (κ1) is 15.5. The van der Waals surface area contributed by atoms with Gasteiger partial charge in [-0.15, -0.1) is 0 Å². The Morgan fingerprint density at radius 2 is 2.09 bits per heavy atom. The van der Waals surface area contributed by atoms with Crippen LogP contribution in [0.1, 0.15) is 12.8 Å². The van der Waals surface area contributed by atoms with Gasteiger partial charge in [0.15, 0.2) is 0 Å². The molecule has 0 bridgehead atoms. The second-order valence-corrected chi connectivity index (χ2v) is 6.11. The largest absolute Gasteiger partial charge is 0.378 e. The molecule has 2 amide bonds. The Kier molecular flexibility index (Phi) is 4.81. The molecule has 2 aliphatic heterocycles. The van der Waals surface area contributed by atoms with Crippen LogP contribution in [0.5, 0.6) is 0 Å². The van der Waals surface area contributed by atoms with Crippen molar-refractivity contribution in [3.8, 4) is 0 Å². The van der Waals surface area contributed by atoms with E-state index in [9.17, 15) is 9.18 Å². The van der Waals surface area contributed by atoms with Crippen molar-refractivity contribution in [2.45, 2.75) is 24.9 Å². The van der Waals surface area contributed by atoms with Crippen LogP contribution < -0.4 is 10.6 Å². The Hall–Kier alpha value is -1.37. The smallest absolute Gasteiger partial charge is 0.319 e. The molecule has 2 heterocycles. The summed E-state index contributed by atoms with van der Waals surface area (Å²) in [7, 11) is 0. The average Bonchev–Trinajstić information content (AvgIpc) is 3.12. The zero-order valence-electron chi connectivity index (χ0n) is 12.1. The van der Waals surface area contributed by atoms with Gasteiger partial charge in [-0.1, -0.05) is 11.6 Å². The molecule has 0 aliphatic carbocycles. The lowest BCUT2D eigenvalue weighted by Gasteiger charge is -2.27. The third kappa shape index (κ3) is 3.51. The zero-order chi connectivity index (χ0) is 15.5. The van der Waals surface area contributed by atoms with Crippen molar-refractivity contribution >= 4 is 23.3 Å². The Morgan fingerprint density at radius 1 is 1.32 bits per heavy atom. The SMILES string of the molecule is O=C(Nc1ccc(Cl)cc1F)NC1COCC1N1CCCC1. The maximum absolute atomic E-state index is 13.7. The molecular weight excluding hydrogens is 309 g/mol. The highest BCUT2D eigenvalue weighted by Crippen LogP contribution is 2.21. The van der Waals surface area contributed by atoms with Crippen LogP contribution >= 0.6 is 11.6 Å². The number of nitrogens with zero attached hydrogens (tertiary/aromatic N) is 1. The number of benzene rings is 1. The standard InChI is InChI=1S/C15H19ClFN3O2/c16-10-3-4-12(11(17)7-10)18-15(21)19-13-8-22-9-14(13)20-5-1-2-6-20/h3-4,7,13-14H,1-2,5-6,8-9H2,(H2,18,19,21). The predicted molar refractivity (Wildman–Crippen MR) is 82.8 cm³/mol. The lowest BCUT2D eigenvalue weighted by atomic mass is 10.1. The van der Waals surface area contributed by atoms with Crippen molar-refractivity contribution in [1.82, 2.24) is 10.2 Å². The third-order valence-corrected chi connectivity index (χ3v) is 4.39. The molecule has 1 aromatic carbocycles. The van der Waals surface area contributed by atoms with Crippen molar-refractivity contribution in [3.05, 3.63) is 29.0 Å². The summed E-state index contributed by atoms with van der Waals surface area (Å²) >= 11 is 5.69. The van der Waals surface area contributed by atoms with Crippen molar-refractivity contribution in [2.24, 2.45) is 0 Å². The number of nitrogens with one attached hydrogen (secondary N) is 2. The molecule has 2 aliphatic rings. The van der Waals surface area contributed by atoms with Crippen molar-refractivity contribution in [3.63, 3.8) is 0 Å². The van der Waals surface area contributed by atoms with Gasteiger partial charge in [0.2, 0.25) is 0 Å². The molecule has 0 aromatic heterocycles. The minimum atomic E-state index is -0.554. The number of carbonyl (C=O) groups excluding carboxylic acids is 1. The van der Waals surface area contributed by atoms with Gasteiger partial charge in [-0.3, -0.25) is 4.90 Å². The first-order valence-corrected chi connectivity index (χ1v) is 7.85. The molecule has 3 rings (SSSR count). The zero-order valence-corrected chi connectivity index (χ0v) is 12.9. The van der Waals surface area contributed by atoms with Gasteiger partial charge in [-0.05, 0) is 44.1 Å². The van der Waals surface area contributed by atoms with Gasteiger partial charge in [-0.2, -0.15) is 0 Å². The van der Waals surface area contributed by atoms with Crippen LogP contribution in [-0.4, -0.2) is 49.3 Å². The summed E-state index contributed by atoms with van der Waals surface area (Å²) < 4.78 is 19.2. The van der Waals surface area contributed by atoms with Crippen LogP contribution in [0.4, 0.5) is 14.9 Å². The second-order valence-electron chi connectivity index (χ2n) is 5.68. The fraction of sp³-hybridized carbons (Fsp3) is 0.533. The molecule has 2 saturated heterocycles. The number of carbonyl (C=O) groups is 1. The van der Waals surface area contributed by atoms with Crippen LogP contribution in [0.3, 0.4) is 0 Å². The Morgan fingerprint density at radius 3 is 2.82 bits per heavy atom. The van der Waals surface area contributed by atoms with Gasteiger partial charge in [0, 0.05) is 5.02 Å². The van der Waals surface area contributed by atoms with Crippen LogP contribution in [0.25, 0.3) is 0 Å². The van der Waals surface area contributed by atoms with Gasteiger partial charge in [-0.25, -0.2) is 9.18 Å². The number of amides is 2. The molecule has 7 heteroatoms. The second kappa shape index (κ2) is 6.81. The molecule has 1 aromatic rings. The molecule has 0 spiro atoms. The van der Waals surface area contributed by atoms with E-state index in [0.29, 0.717) is 18.2 Å². The summed E-state index contributed by atoms with van der Waals surface area (Å²) in [6, 6.07) is 3.84. The quantitative estimate of drug-likeness (QED) is 0.896. The van der Waals surface area contributed by atoms with Crippen LogP contribution in [0.2, 0.25) is 5.02 Å². The summed E-state index contributed by atoms with van der Waals surface area (Å²) in [6.07, 6.45) is 2.37. The number of rotatable bonds is 3. The molecule has 120 valence electrons. The van der Waals surface area contributed by atoms with E-state index in [1.807, 2.05) is 0 Å². The topological polar surface area (TPSA) is 53.6 Å². The Labute approximate surface area is 133 Å². The maximum Gasteiger partial charge on any atom is 0.319 e. The number of likely N-dealkylation sites (tertiary alicyclic amines) is 1. The van der Waals surface area contributed by atoms with Gasteiger partial charge < -0.3 is 15.4 Å². The Balaban J connectivity index is 1.58. The maximum atomic E-state index is 13.7. The van der Waals surface area contributed by atoms with Gasteiger partial charge in [0.05, 0.1) is 31.0 Å². The molecule has 5 nitrogen and oxygen atoms in total. The van der Waals surface area contributed by atoms with E-state index in [4.69, 9.17) is 16.3 Å². The molecule has 2 N–H and O–H groups in total. The van der Waals surface area contributed by atoms with Gasteiger partial charge >= 0.3 is 6.03 Å². The highest BCUT2D eigenvalue weighted by atomic mass is 35.5. The van der Waals surface area contributed by atoms with Crippen molar-refractivity contribution in [2.75, 3.05) is 31.6 Å². The minimum absolute atomic E-state index is 0.0755. The lowest BCUT2D eigenvalue weighted by molar-refractivity contribution is 0.159. The number of hydrogen-bond donors (Lipinski definition) is 2. The summed E-state index contributed by atoms with van der Waals surface area (Å²) in [5.41, 5.74) is 0.110. The van der Waals surface area contributed by atoms with E-state index in [1.165, 1.54) is 31.0 Å². The first-order valence-electron chi connectivity index (χ1n) is 7.48. The van der Waals surface area contributed by atoms with Crippen molar-refractivity contribution in [1.29, 1.82) is 0 Å². The van der Waals surface area contributed by atoms with E-state index in [2.05, 4.69) is 15.5 Å². The number of ether oxygens (including phenoxy) is 1. The minimum Gasteiger partial charge on any atom is -0.378 e. The predicted octanol–water partition coefficient (Wildman–Crippen LogP) is 2.46. The highest BCUT2D eigenvalue weighted by Gasteiger charge is 2.35. The molecule has 2 atom stereocenters. The summed E-state index contributed by atoms with van der Waals surface area (Å²) in [4.78, 5) is 14.4. The summed E-state index contributed by atoms with van der Waals surface area (Å²) in [5, 5.41) is 5.69. The van der Waals surface area contributed by atoms with E-state index in [1.54, 1.807) is 0 Å². The van der Waals surface area contributed by atoms with Crippen molar-refractivity contribution < 1.29 is 13.9 Å². The molecule has 2 fully saturated rings. The molecule has 2 unspecified atom stereocenters. The fourth-order valence-corrected chi connectivity index (χ4v) is 3.19. The Bertz CT molecular complexity index is 552. The number of halogens is 2. The number of urea groups is 1. The highest BCUT2D eigenvalue weighted by molar-refractivity contribution is 6.30. The number of hydrogen-bond acceptors (Lipinski definition) is 3. The number of anilines is 1. The van der Waals surface area contributed by atoms with Crippen LogP contribution in [-0.2, 0) is 4.74 Å². The average molecular weight is 328 g/mol. The van der Waals surface area contributed by atoms with Gasteiger partial charge in [0.25, 0.3) is 0 Å². The summed E-state index contributed by atoms with van der Waals surface area (Å²) in [5.74, 6) is -0.554. The van der Waals surface area contributed by atoms with Crippen LogP contribution in [0.15, 0.2) is 18.2 Å². The fourth-order valence-electron chi connectivity index (χ4n) is 3.03. The first-order chi connectivity index (χ1) is 10.6. The van der Waals surface area contributed by atoms with Gasteiger partial charge in [0.1, 0.15) is 5.82 Å². The summed E-state index contributed by atoms with van der Waals surface area (Å²) in [6.45, 7) is 3.19. The van der Waals surface area contributed by atoms with E-state index in [0.717, 1.165) is 13.1 Å². The van der Waals surface area contributed by atoms with E-state index < -0.39 is 11.8 Å². The van der Waals surface area contributed by atoms with E-state index >= 15 is 0 Å². The molecular formula is C15H19ClFN3O2. The monoisotopic (exact) mass is 327 g/mol. The lowest BCUT2D eigenvalue weighted by Crippen LogP contribution is -2.51. The molecule has 0 saturated carbocycles. The van der Waals surface area contributed by atoms with Crippen LogP contribution in [0, 0.1) is 5.82 Å². The third-order valence-electron chi connectivity index (χ3n) is 4.16.